The molecule has 0 aliphatic rings. The van der Waals surface area contributed by atoms with Gasteiger partial charge in [0.1, 0.15) is 0 Å². The second-order valence-electron chi connectivity index (χ2n) is 3.56. The van der Waals surface area contributed by atoms with Crippen LogP contribution in [0.1, 0.15) is 40.0 Å². The molecular weight excluding hydrogens is 174 g/mol. The zero-order valence-corrected chi connectivity index (χ0v) is 9.89. The normalized spacial score (nSPS) is 14.3. The molecule has 0 spiro atoms. The summed E-state index contributed by atoms with van der Waals surface area (Å²) in [6.07, 6.45) is 3.43. The molecule has 2 atom stereocenters. The van der Waals surface area contributed by atoms with Crippen molar-refractivity contribution in [1.82, 2.24) is 5.32 Å². The zero-order chi connectivity index (χ0) is 10.8. The Labute approximate surface area is 88.4 Å². The van der Waals surface area contributed by atoms with Crippen LogP contribution in [-0.4, -0.2) is 25.8 Å². The molecule has 2 heteroatoms. The molecule has 0 aromatic heterocycles. The van der Waals surface area contributed by atoms with Gasteiger partial charge in [-0.3, -0.25) is 0 Å². The summed E-state index contributed by atoms with van der Waals surface area (Å²) in [7, 11) is 1.76. The van der Waals surface area contributed by atoms with E-state index in [2.05, 4.69) is 31.0 Å². The molecule has 0 saturated carbocycles. The number of rotatable bonds is 7. The predicted molar refractivity (Wildman–Crippen MR) is 61.2 cm³/mol. The van der Waals surface area contributed by atoms with E-state index in [0.29, 0.717) is 12.1 Å². The van der Waals surface area contributed by atoms with Crippen molar-refractivity contribution in [1.29, 1.82) is 0 Å². The van der Waals surface area contributed by atoms with Gasteiger partial charge in [0.15, 0.2) is 0 Å². The van der Waals surface area contributed by atoms with E-state index >= 15 is 0 Å². The molecule has 0 rings (SSSR count). The third-order valence-electron chi connectivity index (χ3n) is 2.23. The van der Waals surface area contributed by atoms with Gasteiger partial charge in [-0.2, -0.15) is 0 Å². The molecule has 1 N–H and O–H groups in total. The first-order chi connectivity index (χ1) is 6.74. The number of nitrogens with one attached hydrogen (secondary N) is 1. The minimum Gasteiger partial charge on any atom is -0.382 e. The molecule has 0 radical (unpaired) electrons. The molecule has 0 heterocycles. The summed E-state index contributed by atoms with van der Waals surface area (Å²) in [5.74, 6) is 6.05. The Bertz CT molecular complexity index is 180. The van der Waals surface area contributed by atoms with E-state index in [1.807, 2.05) is 6.92 Å². The van der Waals surface area contributed by atoms with E-state index in [9.17, 15) is 0 Å². The standard InChI is InChI=1S/C12H23NO/c1-5-7-8-12(13-9-6-2)10-11(3)14-4/h11-13H,6,8-10H2,1-4H3. The van der Waals surface area contributed by atoms with Crippen molar-refractivity contribution in [2.45, 2.75) is 52.2 Å². The van der Waals surface area contributed by atoms with Crippen molar-refractivity contribution in [3.63, 3.8) is 0 Å². The molecule has 0 fully saturated rings. The SMILES string of the molecule is CC#CCC(CC(C)OC)NCCC. The Morgan fingerprint density at radius 3 is 2.64 bits per heavy atom. The second kappa shape index (κ2) is 9.05. The molecule has 14 heavy (non-hydrogen) atoms. The lowest BCUT2D eigenvalue weighted by Crippen LogP contribution is -2.32. The molecule has 82 valence electrons. The van der Waals surface area contributed by atoms with Crippen LogP contribution in [-0.2, 0) is 4.74 Å². The Morgan fingerprint density at radius 1 is 1.43 bits per heavy atom. The van der Waals surface area contributed by atoms with Gasteiger partial charge in [0.25, 0.3) is 0 Å². The fourth-order valence-electron chi connectivity index (χ4n) is 1.31. The van der Waals surface area contributed by atoms with Crippen LogP contribution in [0, 0.1) is 11.8 Å². The smallest absolute Gasteiger partial charge is 0.0558 e. The molecule has 0 amide bonds. The van der Waals surface area contributed by atoms with Crippen LogP contribution in [0.25, 0.3) is 0 Å². The van der Waals surface area contributed by atoms with Gasteiger partial charge in [0, 0.05) is 19.6 Å². The lowest BCUT2D eigenvalue weighted by Gasteiger charge is -2.19. The van der Waals surface area contributed by atoms with E-state index in [1.54, 1.807) is 7.11 Å². The average Bonchev–Trinajstić information content (AvgIpc) is 2.21. The summed E-state index contributed by atoms with van der Waals surface area (Å²) in [6.45, 7) is 7.22. The number of methoxy groups -OCH3 is 1. The first-order valence-electron chi connectivity index (χ1n) is 5.40. The molecule has 0 aliphatic carbocycles. The minimum atomic E-state index is 0.308. The van der Waals surface area contributed by atoms with E-state index in [1.165, 1.54) is 0 Å². The van der Waals surface area contributed by atoms with Crippen LogP contribution < -0.4 is 5.32 Å². The van der Waals surface area contributed by atoms with Crippen molar-refractivity contribution >= 4 is 0 Å². The minimum absolute atomic E-state index is 0.308. The van der Waals surface area contributed by atoms with Gasteiger partial charge >= 0.3 is 0 Å². The highest BCUT2D eigenvalue weighted by Gasteiger charge is 2.10. The average molecular weight is 197 g/mol. The van der Waals surface area contributed by atoms with Crippen molar-refractivity contribution in [3.05, 3.63) is 0 Å². The van der Waals surface area contributed by atoms with Gasteiger partial charge in [0.05, 0.1) is 6.10 Å². The van der Waals surface area contributed by atoms with Gasteiger partial charge in [0.2, 0.25) is 0 Å². The fourth-order valence-corrected chi connectivity index (χ4v) is 1.31. The summed E-state index contributed by atoms with van der Waals surface area (Å²) in [4.78, 5) is 0. The maximum atomic E-state index is 5.25. The van der Waals surface area contributed by atoms with Crippen molar-refractivity contribution in [2.24, 2.45) is 0 Å². The molecule has 2 unspecified atom stereocenters. The van der Waals surface area contributed by atoms with Gasteiger partial charge in [-0.05, 0) is 33.2 Å². The lowest BCUT2D eigenvalue weighted by molar-refractivity contribution is 0.101. The summed E-state index contributed by atoms with van der Waals surface area (Å²) in [6, 6.07) is 0.470. The third-order valence-corrected chi connectivity index (χ3v) is 2.23. The van der Waals surface area contributed by atoms with Crippen LogP contribution in [0.2, 0.25) is 0 Å². The lowest BCUT2D eigenvalue weighted by atomic mass is 10.1. The van der Waals surface area contributed by atoms with Gasteiger partial charge < -0.3 is 10.1 Å². The maximum absolute atomic E-state index is 5.25. The highest BCUT2D eigenvalue weighted by molar-refractivity contribution is 4.98. The number of ether oxygens (including phenoxy) is 1. The molecule has 0 bridgehead atoms. The van der Waals surface area contributed by atoms with Gasteiger partial charge in [-0.25, -0.2) is 0 Å². The molecule has 0 aromatic rings. The Kier molecular flexibility index (Phi) is 8.72. The highest BCUT2D eigenvalue weighted by Crippen LogP contribution is 2.04. The quantitative estimate of drug-likeness (QED) is 0.632. The molecule has 0 aliphatic heterocycles. The largest absolute Gasteiger partial charge is 0.382 e. The Morgan fingerprint density at radius 2 is 2.14 bits per heavy atom. The second-order valence-corrected chi connectivity index (χ2v) is 3.56. The first kappa shape index (κ1) is 13.5. The summed E-state index contributed by atoms with van der Waals surface area (Å²) < 4.78 is 5.25. The van der Waals surface area contributed by atoms with E-state index < -0.39 is 0 Å². The van der Waals surface area contributed by atoms with Crippen LogP contribution >= 0.6 is 0 Å². The third kappa shape index (κ3) is 6.94. The van der Waals surface area contributed by atoms with Crippen molar-refractivity contribution in [3.8, 4) is 11.8 Å². The Balaban J connectivity index is 3.87. The topological polar surface area (TPSA) is 21.3 Å². The van der Waals surface area contributed by atoms with Gasteiger partial charge in [-0.1, -0.05) is 6.92 Å². The van der Waals surface area contributed by atoms with Crippen LogP contribution in [0.3, 0.4) is 0 Å². The highest BCUT2D eigenvalue weighted by atomic mass is 16.5. The summed E-state index contributed by atoms with van der Waals surface area (Å²) >= 11 is 0. The van der Waals surface area contributed by atoms with Crippen LogP contribution in [0.5, 0.6) is 0 Å². The van der Waals surface area contributed by atoms with E-state index in [-0.39, 0.29) is 0 Å². The van der Waals surface area contributed by atoms with E-state index in [0.717, 1.165) is 25.8 Å². The fraction of sp³-hybridized carbons (Fsp3) is 0.833. The molecule has 2 nitrogen and oxygen atoms in total. The van der Waals surface area contributed by atoms with Gasteiger partial charge in [-0.15, -0.1) is 11.8 Å². The first-order valence-corrected chi connectivity index (χ1v) is 5.40. The monoisotopic (exact) mass is 197 g/mol. The van der Waals surface area contributed by atoms with Crippen molar-refractivity contribution < 1.29 is 4.74 Å². The van der Waals surface area contributed by atoms with E-state index in [4.69, 9.17) is 4.74 Å². The molecule has 0 saturated heterocycles. The van der Waals surface area contributed by atoms with Crippen molar-refractivity contribution in [2.75, 3.05) is 13.7 Å². The maximum Gasteiger partial charge on any atom is 0.0558 e. The Hall–Kier alpha value is -0.520. The summed E-state index contributed by atoms with van der Waals surface area (Å²) in [5, 5.41) is 3.49. The number of hydrogen-bond donors (Lipinski definition) is 1. The zero-order valence-electron chi connectivity index (χ0n) is 9.89. The summed E-state index contributed by atoms with van der Waals surface area (Å²) in [5.41, 5.74) is 0. The van der Waals surface area contributed by atoms with Crippen LogP contribution in [0.15, 0.2) is 0 Å². The predicted octanol–water partition coefficient (Wildman–Crippen LogP) is 2.19. The molecule has 0 aromatic carbocycles. The molecular formula is C12H23NO. The number of hydrogen-bond acceptors (Lipinski definition) is 2. The van der Waals surface area contributed by atoms with Crippen LogP contribution in [0.4, 0.5) is 0 Å².